The van der Waals surface area contributed by atoms with Gasteiger partial charge in [-0.1, -0.05) is 30.3 Å². The van der Waals surface area contributed by atoms with E-state index >= 15 is 0 Å². The molecule has 0 radical (unpaired) electrons. The fraction of sp³-hybridized carbons (Fsp3) is 0.214. The highest BCUT2D eigenvalue weighted by atomic mass is 16.5. The van der Waals surface area contributed by atoms with Gasteiger partial charge in [0.2, 0.25) is 0 Å². The highest BCUT2D eigenvalue weighted by Crippen LogP contribution is 2.36. The second-order valence-electron chi connectivity index (χ2n) is 9.00. The number of para-hydroxylation sites is 2. The minimum atomic E-state index is -0.874. The normalized spacial score (nSPS) is 16.1. The predicted octanol–water partition coefficient (Wildman–Crippen LogP) is 2.99. The van der Waals surface area contributed by atoms with Crippen molar-refractivity contribution in [3.8, 4) is 11.5 Å². The molecular weight excluding hydrogens is 474 g/mol. The van der Waals surface area contributed by atoms with Gasteiger partial charge in [-0.25, -0.2) is 0 Å². The molecule has 9 nitrogen and oxygen atoms in total. The highest BCUT2D eigenvalue weighted by molar-refractivity contribution is 6.21. The number of nitrogens with zero attached hydrogens (tertiary/aromatic N) is 3. The van der Waals surface area contributed by atoms with Crippen LogP contribution >= 0.6 is 0 Å². The van der Waals surface area contributed by atoms with Crippen LogP contribution in [0.5, 0.6) is 11.5 Å². The predicted molar refractivity (Wildman–Crippen MR) is 135 cm³/mol. The lowest BCUT2D eigenvalue weighted by atomic mass is 10.1. The topological polar surface area (TPSA) is 96.5 Å². The first-order valence-corrected chi connectivity index (χ1v) is 11.7. The number of likely N-dealkylation sites (N-methyl/N-ethyl adjacent to an activating group) is 1. The van der Waals surface area contributed by atoms with Gasteiger partial charge in [0.1, 0.15) is 11.5 Å². The van der Waals surface area contributed by atoms with Crippen molar-refractivity contribution in [2.24, 2.45) is 0 Å². The average Bonchev–Trinajstić information content (AvgIpc) is 3.16. The summed E-state index contributed by atoms with van der Waals surface area (Å²) in [5.74, 6) is -0.668. The van der Waals surface area contributed by atoms with Crippen molar-refractivity contribution in [1.29, 1.82) is 0 Å². The number of anilines is 1. The maximum atomic E-state index is 13.9. The molecular formula is C28H25N3O6. The number of imide groups is 1. The molecule has 0 bridgehead atoms. The summed E-state index contributed by atoms with van der Waals surface area (Å²) in [5.41, 5.74) is 2.08. The summed E-state index contributed by atoms with van der Waals surface area (Å²) in [7, 11) is 4.72. The Kier molecular flexibility index (Phi) is 6.12. The molecule has 2 heterocycles. The zero-order valence-corrected chi connectivity index (χ0v) is 20.6. The number of hydrogen-bond acceptors (Lipinski definition) is 6. The molecule has 9 heteroatoms. The van der Waals surface area contributed by atoms with Crippen LogP contribution in [0, 0.1) is 0 Å². The lowest BCUT2D eigenvalue weighted by molar-refractivity contribution is -0.135. The molecule has 0 saturated carbocycles. The zero-order valence-electron chi connectivity index (χ0n) is 20.6. The number of benzene rings is 3. The van der Waals surface area contributed by atoms with Crippen LogP contribution in [0.15, 0.2) is 66.7 Å². The Morgan fingerprint density at radius 3 is 2.27 bits per heavy atom. The van der Waals surface area contributed by atoms with Crippen LogP contribution in [0.3, 0.4) is 0 Å². The van der Waals surface area contributed by atoms with Crippen molar-refractivity contribution in [2.45, 2.75) is 12.6 Å². The number of rotatable bonds is 5. The van der Waals surface area contributed by atoms with Gasteiger partial charge < -0.3 is 19.3 Å². The van der Waals surface area contributed by atoms with E-state index in [0.717, 1.165) is 4.90 Å². The highest BCUT2D eigenvalue weighted by Gasteiger charge is 2.37. The second kappa shape index (κ2) is 9.42. The molecule has 1 unspecified atom stereocenters. The van der Waals surface area contributed by atoms with E-state index in [1.165, 1.54) is 16.9 Å². The maximum Gasteiger partial charge on any atom is 0.265 e. The van der Waals surface area contributed by atoms with Gasteiger partial charge in [-0.15, -0.1) is 0 Å². The monoisotopic (exact) mass is 499 g/mol. The molecule has 1 atom stereocenters. The molecule has 0 N–H and O–H groups in total. The molecule has 0 aliphatic carbocycles. The first-order valence-electron chi connectivity index (χ1n) is 11.7. The second-order valence-corrected chi connectivity index (χ2v) is 9.00. The Hall–Kier alpha value is -4.66. The molecule has 37 heavy (non-hydrogen) atoms. The fourth-order valence-corrected chi connectivity index (χ4v) is 4.57. The minimum Gasteiger partial charge on any atom is -0.496 e. The Morgan fingerprint density at radius 2 is 1.62 bits per heavy atom. The van der Waals surface area contributed by atoms with Crippen LogP contribution in [-0.2, 0) is 11.3 Å². The summed E-state index contributed by atoms with van der Waals surface area (Å²) in [5, 5.41) is 0. The van der Waals surface area contributed by atoms with Gasteiger partial charge in [0, 0.05) is 14.1 Å². The van der Waals surface area contributed by atoms with E-state index in [9.17, 15) is 19.2 Å². The van der Waals surface area contributed by atoms with Crippen molar-refractivity contribution in [3.05, 3.63) is 89.0 Å². The number of carbonyl (C=O) groups is 4. The largest absolute Gasteiger partial charge is 0.496 e. The van der Waals surface area contributed by atoms with Crippen LogP contribution in [0.2, 0.25) is 0 Å². The molecule has 3 aromatic carbocycles. The molecule has 0 fully saturated rings. The standard InChI is InChI=1S/C28H25N3O6/c1-29(2)28(35)24-16-30(21-10-6-7-11-23(21)37-24)27(34)20-14-17(12-13-22(20)36-3)15-31-25(32)18-8-4-5-9-19(18)26(31)33/h4-14,24H,15-16H2,1-3H3. The summed E-state index contributed by atoms with van der Waals surface area (Å²) >= 11 is 0. The van der Waals surface area contributed by atoms with E-state index in [1.54, 1.807) is 80.8 Å². The first-order chi connectivity index (χ1) is 17.8. The van der Waals surface area contributed by atoms with E-state index in [2.05, 4.69) is 0 Å². The lowest BCUT2D eigenvalue weighted by Crippen LogP contribution is -2.50. The van der Waals surface area contributed by atoms with E-state index in [-0.39, 0.29) is 36.4 Å². The molecule has 188 valence electrons. The quantitative estimate of drug-likeness (QED) is 0.501. The third-order valence-corrected chi connectivity index (χ3v) is 6.45. The van der Waals surface area contributed by atoms with Crippen LogP contribution < -0.4 is 14.4 Å². The summed E-state index contributed by atoms with van der Waals surface area (Å²) < 4.78 is 11.4. The summed E-state index contributed by atoms with van der Waals surface area (Å²) in [6, 6.07) is 18.7. The van der Waals surface area contributed by atoms with Gasteiger partial charge in [-0.3, -0.25) is 24.1 Å². The molecule has 3 aromatic rings. The van der Waals surface area contributed by atoms with Gasteiger partial charge in [0.25, 0.3) is 23.6 Å². The van der Waals surface area contributed by atoms with Crippen LogP contribution in [0.4, 0.5) is 5.69 Å². The molecule has 2 aliphatic rings. The van der Waals surface area contributed by atoms with Gasteiger partial charge in [0.15, 0.2) is 6.10 Å². The lowest BCUT2D eigenvalue weighted by Gasteiger charge is -2.35. The van der Waals surface area contributed by atoms with Gasteiger partial charge in [0.05, 0.1) is 42.6 Å². The number of ether oxygens (including phenoxy) is 2. The van der Waals surface area contributed by atoms with Crippen LogP contribution in [0.1, 0.15) is 36.6 Å². The zero-order chi connectivity index (χ0) is 26.3. The smallest absolute Gasteiger partial charge is 0.265 e. The van der Waals surface area contributed by atoms with E-state index in [0.29, 0.717) is 33.9 Å². The van der Waals surface area contributed by atoms with Crippen LogP contribution in [0.25, 0.3) is 0 Å². The third kappa shape index (κ3) is 4.18. The molecule has 0 spiro atoms. The number of methoxy groups -OCH3 is 1. The summed E-state index contributed by atoms with van der Waals surface area (Å²) in [4.78, 5) is 56.4. The van der Waals surface area contributed by atoms with Gasteiger partial charge in [-0.05, 0) is 42.0 Å². The van der Waals surface area contributed by atoms with Gasteiger partial charge >= 0.3 is 0 Å². The number of hydrogen-bond donors (Lipinski definition) is 0. The molecule has 4 amide bonds. The number of carbonyl (C=O) groups excluding carboxylic acids is 4. The van der Waals surface area contributed by atoms with E-state index < -0.39 is 12.0 Å². The molecule has 0 saturated heterocycles. The Balaban J connectivity index is 1.48. The van der Waals surface area contributed by atoms with E-state index in [4.69, 9.17) is 9.47 Å². The van der Waals surface area contributed by atoms with Crippen molar-refractivity contribution in [1.82, 2.24) is 9.80 Å². The fourth-order valence-electron chi connectivity index (χ4n) is 4.57. The Morgan fingerprint density at radius 1 is 0.973 bits per heavy atom. The van der Waals surface area contributed by atoms with Crippen molar-refractivity contribution in [2.75, 3.05) is 32.6 Å². The SMILES string of the molecule is COc1ccc(CN2C(=O)c3ccccc3C2=O)cc1C(=O)N1CC(C(=O)N(C)C)Oc2ccccc21. The van der Waals surface area contributed by atoms with Crippen molar-refractivity contribution in [3.63, 3.8) is 0 Å². The maximum absolute atomic E-state index is 13.9. The molecule has 2 aliphatic heterocycles. The number of amides is 4. The van der Waals surface area contributed by atoms with Gasteiger partial charge in [-0.2, -0.15) is 0 Å². The number of fused-ring (bicyclic) bond motifs is 2. The molecule has 5 rings (SSSR count). The third-order valence-electron chi connectivity index (χ3n) is 6.45. The average molecular weight is 500 g/mol. The first kappa shape index (κ1) is 24.1. The van der Waals surface area contributed by atoms with Crippen molar-refractivity contribution >= 4 is 29.3 Å². The molecule has 0 aromatic heterocycles. The summed E-state index contributed by atoms with van der Waals surface area (Å²) in [6.45, 7) is 0.0106. The van der Waals surface area contributed by atoms with Crippen molar-refractivity contribution < 1.29 is 28.7 Å². The Bertz CT molecular complexity index is 1400. The van der Waals surface area contributed by atoms with E-state index in [1.807, 2.05) is 0 Å². The Labute approximate surface area is 213 Å². The van der Waals surface area contributed by atoms with Crippen LogP contribution in [-0.4, -0.2) is 67.3 Å². The minimum absolute atomic E-state index is 0.00193. The summed E-state index contributed by atoms with van der Waals surface area (Å²) in [6.07, 6.45) is -0.874.